The molecule has 52 valence electrons. The first-order chi connectivity index (χ1) is 4.86. The maximum absolute atomic E-state index is 5.66. The van der Waals surface area contributed by atoms with Crippen molar-refractivity contribution in [2.24, 2.45) is 0 Å². The van der Waals surface area contributed by atoms with Gasteiger partial charge in [0.1, 0.15) is 5.15 Å². The molecule has 0 aromatic carbocycles. The molecule has 2 rings (SSSR count). The summed E-state index contributed by atoms with van der Waals surface area (Å²) in [5.41, 5.74) is 2.32. The van der Waals surface area contributed by atoms with Crippen LogP contribution >= 0.6 is 11.6 Å². The number of nitrogens with zero attached hydrogens (tertiary/aromatic N) is 1. The third-order valence-corrected chi connectivity index (χ3v) is 1.77. The second-order valence-corrected chi connectivity index (χ2v) is 2.66. The summed E-state index contributed by atoms with van der Waals surface area (Å²) in [4.78, 5) is 3.94. The number of rotatable bonds is 0. The zero-order valence-electron chi connectivity index (χ0n) is 5.30. The van der Waals surface area contributed by atoms with E-state index in [0.29, 0.717) is 18.4 Å². The maximum atomic E-state index is 5.66. The Labute approximate surface area is 63.8 Å². The number of aromatic nitrogens is 1. The quantitative estimate of drug-likeness (QED) is 0.533. The van der Waals surface area contributed by atoms with Gasteiger partial charge in [0.15, 0.2) is 0 Å². The molecule has 0 aliphatic carbocycles. The molecule has 0 atom stereocenters. The molecule has 0 N–H and O–H groups in total. The Balaban J connectivity index is 2.52. The Hall–Kier alpha value is -0.600. The van der Waals surface area contributed by atoms with Gasteiger partial charge < -0.3 is 4.74 Å². The van der Waals surface area contributed by atoms with Crippen LogP contribution in [-0.2, 0) is 18.0 Å². The molecule has 0 radical (unpaired) electrons. The third kappa shape index (κ3) is 0.895. The van der Waals surface area contributed by atoms with Crippen LogP contribution in [0.2, 0.25) is 5.15 Å². The summed E-state index contributed by atoms with van der Waals surface area (Å²) >= 11 is 5.66. The first kappa shape index (κ1) is 6.13. The van der Waals surface area contributed by atoms with E-state index in [-0.39, 0.29) is 0 Å². The normalized spacial score (nSPS) is 15.3. The van der Waals surface area contributed by atoms with Crippen molar-refractivity contribution >= 4 is 11.6 Å². The van der Waals surface area contributed by atoms with Crippen LogP contribution in [0.4, 0.5) is 0 Å². The van der Waals surface area contributed by atoms with E-state index in [9.17, 15) is 0 Å². The predicted octanol–water partition coefficient (Wildman–Crippen LogP) is 1.77. The van der Waals surface area contributed by atoms with E-state index in [0.717, 1.165) is 5.56 Å². The van der Waals surface area contributed by atoms with Crippen molar-refractivity contribution in [1.29, 1.82) is 0 Å². The fourth-order valence-electron chi connectivity index (χ4n) is 1.03. The number of hydrogen-bond acceptors (Lipinski definition) is 2. The summed E-state index contributed by atoms with van der Waals surface area (Å²) in [5.74, 6) is 0. The highest BCUT2D eigenvalue weighted by Gasteiger charge is 2.10. The van der Waals surface area contributed by atoms with Crippen LogP contribution in [0.25, 0.3) is 0 Å². The van der Waals surface area contributed by atoms with Crippen molar-refractivity contribution in [3.05, 3.63) is 28.5 Å². The van der Waals surface area contributed by atoms with Gasteiger partial charge in [-0.05, 0) is 11.6 Å². The van der Waals surface area contributed by atoms with Crippen molar-refractivity contribution in [1.82, 2.24) is 4.98 Å². The molecule has 0 bridgehead atoms. The van der Waals surface area contributed by atoms with Crippen molar-refractivity contribution in [2.75, 3.05) is 0 Å². The first-order valence-corrected chi connectivity index (χ1v) is 3.45. The van der Waals surface area contributed by atoms with Crippen molar-refractivity contribution in [3.63, 3.8) is 0 Å². The summed E-state index contributed by atoms with van der Waals surface area (Å²) in [6.07, 6.45) is 1.77. The van der Waals surface area contributed by atoms with Gasteiger partial charge in [0.25, 0.3) is 0 Å². The van der Waals surface area contributed by atoms with Crippen molar-refractivity contribution in [3.8, 4) is 0 Å². The van der Waals surface area contributed by atoms with Crippen LogP contribution in [-0.4, -0.2) is 4.98 Å². The Bertz CT molecular complexity index is 262. The van der Waals surface area contributed by atoms with Gasteiger partial charge >= 0.3 is 0 Å². The summed E-state index contributed by atoms with van der Waals surface area (Å²) in [6, 6.07) is 1.85. The Morgan fingerprint density at radius 2 is 2.20 bits per heavy atom. The minimum atomic E-state index is 0.546. The summed E-state index contributed by atoms with van der Waals surface area (Å²) < 4.78 is 5.17. The Morgan fingerprint density at radius 1 is 1.40 bits per heavy atom. The molecule has 1 aromatic rings. The average molecular weight is 156 g/mol. The van der Waals surface area contributed by atoms with E-state index in [2.05, 4.69) is 4.98 Å². The molecule has 0 saturated heterocycles. The first-order valence-electron chi connectivity index (χ1n) is 3.07. The molecule has 0 spiro atoms. The Kier molecular flexibility index (Phi) is 1.36. The largest absolute Gasteiger partial charge is 0.372 e. The van der Waals surface area contributed by atoms with E-state index in [1.165, 1.54) is 5.56 Å². The zero-order chi connectivity index (χ0) is 6.97. The van der Waals surface area contributed by atoms with Gasteiger partial charge in [-0.3, -0.25) is 0 Å². The monoisotopic (exact) mass is 155 g/mol. The third-order valence-electron chi connectivity index (χ3n) is 1.56. The molecule has 1 aliphatic heterocycles. The number of ether oxygens (including phenoxy) is 1. The molecular formula is C7H6ClNO. The lowest BCUT2D eigenvalue weighted by Gasteiger charge is -1.93. The van der Waals surface area contributed by atoms with Gasteiger partial charge in [-0.1, -0.05) is 11.6 Å². The van der Waals surface area contributed by atoms with Crippen LogP contribution in [0.1, 0.15) is 11.1 Å². The van der Waals surface area contributed by atoms with Crippen LogP contribution in [0.3, 0.4) is 0 Å². The second kappa shape index (κ2) is 2.22. The molecule has 0 fully saturated rings. The highest BCUT2D eigenvalue weighted by molar-refractivity contribution is 6.29. The average Bonchev–Trinajstić information content (AvgIpc) is 2.33. The lowest BCUT2D eigenvalue weighted by molar-refractivity contribution is 0.134. The topological polar surface area (TPSA) is 22.1 Å². The predicted molar refractivity (Wildman–Crippen MR) is 37.7 cm³/mol. The number of pyridine rings is 1. The van der Waals surface area contributed by atoms with E-state index < -0.39 is 0 Å². The minimum absolute atomic E-state index is 0.546. The Morgan fingerprint density at radius 3 is 3.10 bits per heavy atom. The van der Waals surface area contributed by atoms with E-state index >= 15 is 0 Å². The van der Waals surface area contributed by atoms with Gasteiger partial charge in [-0.25, -0.2) is 4.98 Å². The smallest absolute Gasteiger partial charge is 0.129 e. The minimum Gasteiger partial charge on any atom is -0.372 e. The van der Waals surface area contributed by atoms with Crippen molar-refractivity contribution in [2.45, 2.75) is 13.2 Å². The summed E-state index contributed by atoms with van der Waals surface area (Å²) in [7, 11) is 0. The summed E-state index contributed by atoms with van der Waals surface area (Å²) in [5, 5.41) is 0.546. The molecule has 0 saturated carbocycles. The number of halogens is 1. The van der Waals surface area contributed by atoms with Crippen molar-refractivity contribution < 1.29 is 4.74 Å². The maximum Gasteiger partial charge on any atom is 0.129 e. The molecule has 10 heavy (non-hydrogen) atoms. The fourth-order valence-corrected chi connectivity index (χ4v) is 1.21. The molecule has 1 aromatic heterocycles. The second-order valence-electron chi connectivity index (χ2n) is 2.27. The zero-order valence-corrected chi connectivity index (χ0v) is 6.06. The van der Waals surface area contributed by atoms with Gasteiger partial charge in [-0.2, -0.15) is 0 Å². The number of hydrogen-bond donors (Lipinski definition) is 0. The molecule has 2 nitrogen and oxygen atoms in total. The highest BCUT2D eigenvalue weighted by Crippen LogP contribution is 2.20. The van der Waals surface area contributed by atoms with Gasteiger partial charge in [0.05, 0.1) is 13.2 Å². The van der Waals surface area contributed by atoms with Gasteiger partial charge in [0, 0.05) is 11.8 Å². The lowest BCUT2D eigenvalue weighted by atomic mass is 10.2. The molecule has 2 heterocycles. The lowest BCUT2D eigenvalue weighted by Crippen LogP contribution is -1.83. The van der Waals surface area contributed by atoms with E-state index in [1.807, 2.05) is 6.07 Å². The van der Waals surface area contributed by atoms with Gasteiger partial charge in [-0.15, -0.1) is 0 Å². The molecule has 1 aliphatic rings. The standard InChI is InChI=1S/C7H6ClNO/c8-7-1-5-3-10-4-6(5)2-9-7/h1-2H,3-4H2. The highest BCUT2D eigenvalue weighted by atomic mass is 35.5. The number of fused-ring (bicyclic) bond motifs is 1. The fraction of sp³-hybridized carbons (Fsp3) is 0.286. The van der Waals surface area contributed by atoms with Gasteiger partial charge in [0.2, 0.25) is 0 Å². The van der Waals surface area contributed by atoms with E-state index in [1.54, 1.807) is 6.20 Å². The van der Waals surface area contributed by atoms with Crippen LogP contribution in [0, 0.1) is 0 Å². The molecule has 0 amide bonds. The van der Waals surface area contributed by atoms with Crippen LogP contribution in [0.5, 0.6) is 0 Å². The molecular weight excluding hydrogens is 150 g/mol. The van der Waals surface area contributed by atoms with Crippen LogP contribution < -0.4 is 0 Å². The molecule has 0 unspecified atom stereocenters. The molecule has 3 heteroatoms. The SMILES string of the molecule is Clc1cc2c(cn1)COC2. The van der Waals surface area contributed by atoms with E-state index in [4.69, 9.17) is 16.3 Å². The summed E-state index contributed by atoms with van der Waals surface area (Å²) in [6.45, 7) is 1.36. The van der Waals surface area contributed by atoms with Crippen LogP contribution in [0.15, 0.2) is 12.3 Å².